The molecule has 0 aliphatic heterocycles. The van der Waals surface area contributed by atoms with Crippen LogP contribution in [-0.4, -0.2) is 24.1 Å². The lowest BCUT2D eigenvalue weighted by atomic mass is 10.1. The summed E-state index contributed by atoms with van der Waals surface area (Å²) >= 11 is 0. The fourth-order valence-electron chi connectivity index (χ4n) is 1.98. The Morgan fingerprint density at radius 1 is 1.38 bits per heavy atom. The maximum atomic E-state index is 11.5. The van der Waals surface area contributed by atoms with E-state index in [9.17, 15) is 14.9 Å². The fourth-order valence-corrected chi connectivity index (χ4v) is 1.98. The highest BCUT2D eigenvalue weighted by Crippen LogP contribution is 2.16. The maximum Gasteiger partial charge on any atom is 0.294 e. The summed E-state index contributed by atoms with van der Waals surface area (Å²) in [6, 6.07) is 7.78. The molecule has 1 N–H and O–H groups in total. The van der Waals surface area contributed by atoms with Gasteiger partial charge in [-0.3, -0.25) is 4.79 Å². The van der Waals surface area contributed by atoms with Crippen molar-refractivity contribution in [2.75, 3.05) is 13.2 Å². The minimum atomic E-state index is -0.857. The SMILES string of the molecule is O=C(CCCO[N+](=O)[O-])NCCc1ccc2occc2c1. The molecule has 0 radical (unpaired) electrons. The Balaban J connectivity index is 1.66. The van der Waals surface area contributed by atoms with Gasteiger partial charge in [0.1, 0.15) is 5.58 Å². The highest BCUT2D eigenvalue weighted by atomic mass is 16.9. The van der Waals surface area contributed by atoms with Gasteiger partial charge in [-0.2, -0.15) is 0 Å². The van der Waals surface area contributed by atoms with E-state index >= 15 is 0 Å². The van der Waals surface area contributed by atoms with Gasteiger partial charge in [-0.15, -0.1) is 10.1 Å². The zero-order valence-corrected chi connectivity index (χ0v) is 11.4. The van der Waals surface area contributed by atoms with Gasteiger partial charge in [-0.1, -0.05) is 6.07 Å². The average Bonchev–Trinajstić information content (AvgIpc) is 2.91. The molecule has 7 nitrogen and oxygen atoms in total. The second kappa shape index (κ2) is 7.28. The van der Waals surface area contributed by atoms with Gasteiger partial charge >= 0.3 is 0 Å². The molecular formula is C14H16N2O5. The summed E-state index contributed by atoms with van der Waals surface area (Å²) in [4.78, 5) is 25.6. The molecule has 0 atom stereocenters. The number of hydrogen-bond acceptors (Lipinski definition) is 5. The van der Waals surface area contributed by atoms with Crippen LogP contribution in [0.4, 0.5) is 0 Å². The topological polar surface area (TPSA) is 94.6 Å². The minimum Gasteiger partial charge on any atom is -0.464 e. The van der Waals surface area contributed by atoms with E-state index in [0.29, 0.717) is 13.0 Å². The van der Waals surface area contributed by atoms with Crippen LogP contribution in [0.25, 0.3) is 11.0 Å². The van der Waals surface area contributed by atoms with Crippen molar-refractivity contribution in [3.63, 3.8) is 0 Å². The van der Waals surface area contributed by atoms with Gasteiger partial charge < -0.3 is 14.6 Å². The molecule has 0 fully saturated rings. The molecular weight excluding hydrogens is 276 g/mol. The van der Waals surface area contributed by atoms with E-state index in [4.69, 9.17) is 4.42 Å². The maximum absolute atomic E-state index is 11.5. The highest BCUT2D eigenvalue weighted by molar-refractivity contribution is 5.78. The number of carbonyl (C=O) groups excluding carboxylic acids is 1. The summed E-state index contributed by atoms with van der Waals surface area (Å²) in [6.07, 6.45) is 2.91. The van der Waals surface area contributed by atoms with Crippen LogP contribution in [0.3, 0.4) is 0 Å². The zero-order valence-electron chi connectivity index (χ0n) is 11.4. The molecule has 0 saturated carbocycles. The molecule has 1 heterocycles. The summed E-state index contributed by atoms with van der Waals surface area (Å²) in [7, 11) is 0. The van der Waals surface area contributed by atoms with Crippen molar-refractivity contribution in [3.05, 3.63) is 46.2 Å². The van der Waals surface area contributed by atoms with Crippen molar-refractivity contribution < 1.29 is 19.1 Å². The molecule has 112 valence electrons. The summed E-state index contributed by atoms with van der Waals surface area (Å²) in [6.45, 7) is 0.468. The molecule has 7 heteroatoms. The number of nitrogens with one attached hydrogen (secondary N) is 1. The van der Waals surface area contributed by atoms with Gasteiger partial charge in [0.15, 0.2) is 0 Å². The number of benzene rings is 1. The molecule has 0 spiro atoms. The van der Waals surface area contributed by atoms with Crippen LogP contribution >= 0.6 is 0 Å². The quantitative estimate of drug-likeness (QED) is 0.456. The second-order valence-corrected chi connectivity index (χ2v) is 4.55. The lowest BCUT2D eigenvalue weighted by Crippen LogP contribution is -2.25. The Kier molecular flexibility index (Phi) is 5.14. The Labute approximate surface area is 121 Å². The molecule has 1 aromatic heterocycles. The summed E-state index contributed by atoms with van der Waals surface area (Å²) in [5.74, 6) is -0.133. The molecule has 21 heavy (non-hydrogen) atoms. The Morgan fingerprint density at radius 2 is 2.24 bits per heavy atom. The van der Waals surface area contributed by atoms with Crippen molar-refractivity contribution in [1.29, 1.82) is 0 Å². The van der Waals surface area contributed by atoms with Crippen molar-refractivity contribution in [1.82, 2.24) is 5.32 Å². The minimum absolute atomic E-state index is 0.0580. The highest BCUT2D eigenvalue weighted by Gasteiger charge is 2.03. The predicted molar refractivity (Wildman–Crippen MR) is 75.1 cm³/mol. The van der Waals surface area contributed by atoms with E-state index in [0.717, 1.165) is 23.0 Å². The van der Waals surface area contributed by atoms with Gasteiger partial charge in [0.05, 0.1) is 12.9 Å². The number of nitrogens with zero attached hydrogens (tertiary/aromatic N) is 1. The Morgan fingerprint density at radius 3 is 3.05 bits per heavy atom. The molecule has 1 aromatic carbocycles. The van der Waals surface area contributed by atoms with Crippen LogP contribution in [0.15, 0.2) is 34.9 Å². The first-order valence-corrected chi connectivity index (χ1v) is 6.65. The molecule has 0 unspecified atom stereocenters. The smallest absolute Gasteiger partial charge is 0.294 e. The van der Waals surface area contributed by atoms with Crippen LogP contribution in [-0.2, 0) is 16.1 Å². The Hall–Kier alpha value is -2.57. The van der Waals surface area contributed by atoms with Crippen molar-refractivity contribution in [3.8, 4) is 0 Å². The van der Waals surface area contributed by atoms with Gasteiger partial charge in [0.25, 0.3) is 5.09 Å². The lowest BCUT2D eigenvalue weighted by molar-refractivity contribution is -0.757. The van der Waals surface area contributed by atoms with E-state index in [2.05, 4.69) is 10.2 Å². The zero-order chi connectivity index (χ0) is 15.1. The standard InChI is InChI=1S/C14H16N2O5/c17-14(2-1-8-21-16(18)19)15-7-5-11-3-4-13-12(10-11)6-9-20-13/h3-4,6,9-10H,1-2,5,7-8H2,(H,15,17). The number of rotatable bonds is 8. The largest absolute Gasteiger partial charge is 0.464 e. The molecule has 2 rings (SSSR count). The molecule has 0 aliphatic rings. The van der Waals surface area contributed by atoms with Gasteiger partial charge in [-0.25, -0.2) is 0 Å². The van der Waals surface area contributed by atoms with Crippen LogP contribution in [0, 0.1) is 10.1 Å². The third kappa shape index (κ3) is 4.79. The second-order valence-electron chi connectivity index (χ2n) is 4.55. The first kappa shape index (κ1) is 14.8. The first-order valence-electron chi connectivity index (χ1n) is 6.65. The Bertz CT molecular complexity index is 623. The van der Waals surface area contributed by atoms with Gasteiger partial charge in [0.2, 0.25) is 5.91 Å². The number of furan rings is 1. The third-order valence-electron chi connectivity index (χ3n) is 3.00. The third-order valence-corrected chi connectivity index (χ3v) is 3.00. The van der Waals surface area contributed by atoms with E-state index in [1.54, 1.807) is 6.26 Å². The van der Waals surface area contributed by atoms with Crippen molar-refractivity contribution in [2.24, 2.45) is 0 Å². The summed E-state index contributed by atoms with van der Waals surface area (Å²) in [5.41, 5.74) is 1.95. The number of fused-ring (bicyclic) bond motifs is 1. The molecule has 0 saturated heterocycles. The van der Waals surface area contributed by atoms with Crippen LogP contribution in [0.1, 0.15) is 18.4 Å². The molecule has 0 bridgehead atoms. The fraction of sp³-hybridized carbons (Fsp3) is 0.357. The summed E-state index contributed by atoms with van der Waals surface area (Å²) < 4.78 is 5.26. The predicted octanol–water partition coefficient (Wildman–Crippen LogP) is 2.08. The van der Waals surface area contributed by atoms with Crippen LogP contribution in [0.2, 0.25) is 0 Å². The van der Waals surface area contributed by atoms with Gasteiger partial charge in [-0.05, 0) is 36.6 Å². The number of amides is 1. The summed E-state index contributed by atoms with van der Waals surface area (Å²) in [5, 5.41) is 12.9. The van der Waals surface area contributed by atoms with Gasteiger partial charge in [0, 0.05) is 18.4 Å². The normalized spacial score (nSPS) is 10.5. The number of carbonyl (C=O) groups is 1. The first-order chi connectivity index (χ1) is 10.1. The van der Waals surface area contributed by atoms with E-state index in [1.165, 1.54) is 0 Å². The lowest BCUT2D eigenvalue weighted by Gasteiger charge is -2.05. The number of hydrogen-bond donors (Lipinski definition) is 1. The molecule has 1 amide bonds. The van der Waals surface area contributed by atoms with E-state index in [-0.39, 0.29) is 18.9 Å². The van der Waals surface area contributed by atoms with Crippen molar-refractivity contribution in [2.45, 2.75) is 19.3 Å². The van der Waals surface area contributed by atoms with Crippen LogP contribution < -0.4 is 5.32 Å². The molecule has 0 aliphatic carbocycles. The molecule has 2 aromatic rings. The van der Waals surface area contributed by atoms with Crippen molar-refractivity contribution >= 4 is 16.9 Å². The van der Waals surface area contributed by atoms with Crippen LogP contribution in [0.5, 0.6) is 0 Å². The van der Waals surface area contributed by atoms with E-state index in [1.807, 2.05) is 24.3 Å². The monoisotopic (exact) mass is 292 g/mol. The average molecular weight is 292 g/mol. The van der Waals surface area contributed by atoms with E-state index < -0.39 is 5.09 Å².